The zero-order valence-electron chi connectivity index (χ0n) is 12.3. The second-order valence-corrected chi connectivity index (χ2v) is 6.91. The van der Waals surface area contributed by atoms with Crippen LogP contribution in [0.4, 0.5) is 17.6 Å². The Morgan fingerprint density at radius 3 is 1.87 bits per heavy atom. The topological polar surface area (TPSA) is 0 Å². The van der Waals surface area contributed by atoms with Crippen LogP contribution in [0.2, 0.25) is 0 Å². The maximum absolute atomic E-state index is 13.9. The number of rotatable bonds is 3. The van der Waals surface area contributed by atoms with Crippen molar-refractivity contribution in [3.8, 4) is 11.1 Å². The Kier molecular flexibility index (Phi) is 4.50. The first-order valence-corrected chi connectivity index (χ1v) is 8.32. The van der Waals surface area contributed by atoms with Crippen LogP contribution in [0.25, 0.3) is 11.1 Å². The lowest BCUT2D eigenvalue weighted by Crippen LogP contribution is -2.09. The number of hydrogen-bond donors (Lipinski definition) is 0. The maximum atomic E-state index is 13.9. The van der Waals surface area contributed by atoms with Gasteiger partial charge in [-0.15, -0.1) is 0 Å². The van der Waals surface area contributed by atoms with Gasteiger partial charge in [0.25, 0.3) is 0 Å². The van der Waals surface area contributed by atoms with Gasteiger partial charge in [-0.05, 0) is 63.5 Å². The van der Waals surface area contributed by atoms with Gasteiger partial charge in [-0.3, -0.25) is 0 Å². The van der Waals surface area contributed by atoms with E-state index < -0.39 is 22.0 Å². The van der Waals surface area contributed by atoms with Gasteiger partial charge in [-0.25, -0.2) is 8.78 Å². The van der Waals surface area contributed by atoms with Crippen LogP contribution in [0.3, 0.4) is 0 Å². The second kappa shape index (κ2) is 6.27. The number of halogens is 5. The summed E-state index contributed by atoms with van der Waals surface area (Å²) in [4.78, 5) is -3.73. The Hall–Kier alpha value is -1.36. The van der Waals surface area contributed by atoms with Gasteiger partial charge in [-0.1, -0.05) is 37.1 Å². The van der Waals surface area contributed by atoms with Crippen molar-refractivity contribution >= 4 is 15.9 Å². The summed E-state index contributed by atoms with van der Waals surface area (Å²) in [5.74, 6) is -1.98. The lowest BCUT2D eigenvalue weighted by molar-refractivity contribution is 0.105. The summed E-state index contributed by atoms with van der Waals surface area (Å²) in [5.41, 5.74) is 0.812. The molecular weight excluding hydrogens is 372 g/mol. The third-order valence-electron chi connectivity index (χ3n) is 4.40. The number of hydrogen-bond acceptors (Lipinski definition) is 0. The highest BCUT2D eigenvalue weighted by molar-refractivity contribution is 9.09. The van der Waals surface area contributed by atoms with Crippen molar-refractivity contribution < 1.29 is 17.6 Å². The summed E-state index contributed by atoms with van der Waals surface area (Å²) in [7, 11) is 0. The Morgan fingerprint density at radius 1 is 0.870 bits per heavy atom. The summed E-state index contributed by atoms with van der Waals surface area (Å²) in [6.45, 7) is 0. The lowest BCUT2D eigenvalue weighted by Gasteiger charge is -2.14. The molecule has 2 aromatic carbocycles. The van der Waals surface area contributed by atoms with E-state index in [0.717, 1.165) is 25.0 Å². The van der Waals surface area contributed by atoms with Gasteiger partial charge in [0.05, 0.1) is 0 Å². The molecule has 0 saturated heterocycles. The monoisotopic (exact) mass is 386 g/mol. The molecule has 1 saturated carbocycles. The molecule has 1 aliphatic rings. The molecule has 0 spiro atoms. The zero-order valence-corrected chi connectivity index (χ0v) is 13.8. The van der Waals surface area contributed by atoms with E-state index in [4.69, 9.17) is 0 Å². The summed E-state index contributed by atoms with van der Waals surface area (Å²) in [5, 5.41) is 0. The molecule has 0 bridgehead atoms. The minimum absolute atomic E-state index is 0.249. The molecule has 3 rings (SSSR count). The fraction of sp³-hybridized carbons (Fsp3) is 0.333. The lowest BCUT2D eigenvalue weighted by atomic mass is 9.95. The van der Waals surface area contributed by atoms with E-state index >= 15 is 0 Å². The molecule has 0 nitrogen and oxygen atoms in total. The van der Waals surface area contributed by atoms with Crippen molar-refractivity contribution in [3.05, 3.63) is 59.2 Å². The Morgan fingerprint density at radius 2 is 1.39 bits per heavy atom. The number of benzene rings is 2. The van der Waals surface area contributed by atoms with Gasteiger partial charge >= 0.3 is 4.83 Å². The molecule has 0 atom stereocenters. The van der Waals surface area contributed by atoms with E-state index in [2.05, 4.69) is 0 Å². The fourth-order valence-corrected chi connectivity index (χ4v) is 3.60. The van der Waals surface area contributed by atoms with E-state index in [9.17, 15) is 17.6 Å². The molecule has 0 N–H and O–H groups in total. The van der Waals surface area contributed by atoms with E-state index in [1.165, 1.54) is 18.4 Å². The van der Waals surface area contributed by atoms with Gasteiger partial charge in [0.1, 0.15) is 17.2 Å². The molecule has 2 aromatic rings. The Bertz CT molecular complexity index is 675. The number of alkyl halides is 3. The normalized spacial score (nSPS) is 16.0. The molecule has 0 aliphatic heterocycles. The summed E-state index contributed by atoms with van der Waals surface area (Å²) >= 11 is 2.00. The standard InChI is InChI=1S/C18H15BrF4/c19-18(22,23)17-15(20)9-14(10-16(17)21)13-7-5-12(6-8-13)11-3-1-2-4-11/h5-11H,1-4H2. The van der Waals surface area contributed by atoms with Crippen molar-refractivity contribution in [2.45, 2.75) is 36.4 Å². The van der Waals surface area contributed by atoms with E-state index in [1.54, 1.807) is 12.1 Å². The molecule has 0 heterocycles. The van der Waals surface area contributed by atoms with Crippen molar-refractivity contribution in [2.24, 2.45) is 0 Å². The fourth-order valence-electron chi connectivity index (χ4n) is 3.22. The van der Waals surface area contributed by atoms with Gasteiger partial charge < -0.3 is 0 Å². The SMILES string of the molecule is Fc1cc(-c2ccc(C3CCCC3)cc2)cc(F)c1C(F)(F)Br. The van der Waals surface area contributed by atoms with Crippen LogP contribution < -0.4 is 0 Å². The molecule has 1 aliphatic carbocycles. The van der Waals surface area contributed by atoms with E-state index in [0.29, 0.717) is 11.5 Å². The van der Waals surface area contributed by atoms with Crippen molar-refractivity contribution in [1.82, 2.24) is 0 Å². The smallest absolute Gasteiger partial charge is 0.206 e. The van der Waals surface area contributed by atoms with E-state index in [1.807, 2.05) is 28.1 Å². The van der Waals surface area contributed by atoms with Crippen LogP contribution in [0, 0.1) is 11.6 Å². The molecule has 0 unspecified atom stereocenters. The molecule has 5 heteroatoms. The van der Waals surface area contributed by atoms with Crippen molar-refractivity contribution in [1.29, 1.82) is 0 Å². The molecule has 0 radical (unpaired) electrons. The minimum atomic E-state index is -3.73. The van der Waals surface area contributed by atoms with Crippen molar-refractivity contribution in [2.75, 3.05) is 0 Å². The molecule has 0 aromatic heterocycles. The first-order valence-electron chi connectivity index (χ1n) is 7.53. The van der Waals surface area contributed by atoms with Gasteiger partial charge in [0.2, 0.25) is 0 Å². The van der Waals surface area contributed by atoms with Crippen LogP contribution in [0.1, 0.15) is 42.7 Å². The van der Waals surface area contributed by atoms with Crippen LogP contribution in [-0.4, -0.2) is 0 Å². The van der Waals surface area contributed by atoms with Gasteiger partial charge in [0.15, 0.2) is 0 Å². The average Bonchev–Trinajstić information content (AvgIpc) is 2.99. The predicted molar refractivity (Wildman–Crippen MR) is 85.8 cm³/mol. The maximum Gasteiger partial charge on any atom is 0.332 e. The average molecular weight is 387 g/mol. The minimum Gasteiger partial charge on any atom is -0.206 e. The van der Waals surface area contributed by atoms with Crippen LogP contribution in [0.15, 0.2) is 36.4 Å². The highest BCUT2D eigenvalue weighted by Crippen LogP contribution is 2.40. The first kappa shape index (κ1) is 16.5. The van der Waals surface area contributed by atoms with Gasteiger partial charge in [-0.2, -0.15) is 8.78 Å². The highest BCUT2D eigenvalue weighted by atomic mass is 79.9. The third-order valence-corrected chi connectivity index (χ3v) is 4.79. The van der Waals surface area contributed by atoms with Crippen LogP contribution in [0.5, 0.6) is 0 Å². The van der Waals surface area contributed by atoms with E-state index in [-0.39, 0.29) is 5.56 Å². The zero-order chi connectivity index (χ0) is 16.6. The van der Waals surface area contributed by atoms with Gasteiger partial charge in [0, 0.05) is 0 Å². The van der Waals surface area contributed by atoms with Crippen LogP contribution in [-0.2, 0) is 4.83 Å². The molecule has 23 heavy (non-hydrogen) atoms. The third kappa shape index (κ3) is 3.44. The predicted octanol–water partition coefficient (Wildman–Crippen LogP) is 6.73. The van der Waals surface area contributed by atoms with Crippen LogP contribution >= 0.6 is 15.9 Å². The summed E-state index contributed by atoms with van der Waals surface area (Å²) < 4.78 is 54.1. The molecule has 0 amide bonds. The molecule has 122 valence electrons. The Balaban J connectivity index is 1.93. The summed E-state index contributed by atoms with van der Waals surface area (Å²) in [6, 6.07) is 9.36. The molecule has 1 fully saturated rings. The quantitative estimate of drug-likeness (QED) is 0.405. The molecular formula is C18H15BrF4. The summed E-state index contributed by atoms with van der Waals surface area (Å²) in [6.07, 6.45) is 4.78. The second-order valence-electron chi connectivity index (χ2n) is 5.92. The highest BCUT2D eigenvalue weighted by Gasteiger charge is 2.34. The Labute approximate surface area is 140 Å². The largest absolute Gasteiger partial charge is 0.332 e. The van der Waals surface area contributed by atoms with Crippen molar-refractivity contribution in [3.63, 3.8) is 0 Å². The first-order chi connectivity index (χ1) is 10.9.